The molecule has 10 rings (SSSR count). The third-order valence-corrected chi connectivity index (χ3v) is 12.2. The van der Waals surface area contributed by atoms with Crippen molar-refractivity contribution in [2.45, 2.75) is 45.5 Å². The maximum Gasteiger partial charge on any atom is 0.411 e. The Morgan fingerprint density at radius 1 is 0.292 bits per heavy atom. The minimum atomic E-state index is -5.77. The number of fused-ring (bicyclic) bond motifs is 6. The topological polar surface area (TPSA) is 51.6 Å². The Hall–Kier alpha value is -7.46. The number of aryl methyl sites for hydroxylation is 4. The highest BCUT2D eigenvalue weighted by molar-refractivity contribution is 6.05. The van der Waals surface area contributed by atoms with Gasteiger partial charge in [-0.3, -0.25) is 0 Å². The molecule has 0 aliphatic carbocycles. The van der Waals surface area contributed by atoms with E-state index in [2.05, 4.69) is 12.1 Å². The maximum atomic E-state index is 15.4. The summed E-state index contributed by atoms with van der Waals surface area (Å²) in [7, 11) is 0. The van der Waals surface area contributed by atoms with E-state index < -0.39 is 28.9 Å². The Morgan fingerprint density at radius 2 is 0.538 bits per heavy atom. The molecule has 10 heteroatoms. The van der Waals surface area contributed by atoms with Gasteiger partial charge in [0.25, 0.3) is 0 Å². The molecular formula is C55H38F6N4. The Labute approximate surface area is 370 Å². The van der Waals surface area contributed by atoms with Gasteiger partial charge in [0.2, 0.25) is 5.41 Å². The summed E-state index contributed by atoms with van der Waals surface area (Å²) in [6, 6.07) is 43.4. The minimum absolute atomic E-state index is 0.345. The number of halogens is 6. The predicted octanol–water partition coefficient (Wildman–Crippen LogP) is 15.2. The van der Waals surface area contributed by atoms with Crippen LogP contribution in [-0.4, -0.2) is 32.3 Å². The number of rotatable bonds is 6. The molecule has 0 atom stereocenters. The van der Waals surface area contributed by atoms with Crippen LogP contribution in [0.5, 0.6) is 0 Å². The van der Waals surface area contributed by atoms with Gasteiger partial charge in [0.05, 0.1) is 44.8 Å². The lowest BCUT2D eigenvalue weighted by molar-refractivity contribution is -0.288. The first kappa shape index (κ1) is 41.5. The van der Waals surface area contributed by atoms with Crippen molar-refractivity contribution >= 4 is 43.6 Å². The van der Waals surface area contributed by atoms with Crippen molar-refractivity contribution in [1.82, 2.24) is 19.9 Å². The van der Waals surface area contributed by atoms with Crippen LogP contribution in [0.2, 0.25) is 0 Å². The largest absolute Gasteiger partial charge is 0.411 e. The molecule has 0 aliphatic rings. The third-order valence-electron chi connectivity index (χ3n) is 12.2. The SMILES string of the molecule is Cc1cc(C)cc(-c2ccc3ccc4ccc(-c5ccc(C(c6ccc(-c7ccc8ccc9ccc(-c%10cc(C)cc(C)c%10)nc9c8n7)cc6)(C(F)(F)F)C(F)(F)F)cc5)nc4c3n2)c1. The molecular weight excluding hydrogens is 831 g/mol. The quantitative estimate of drug-likeness (QED) is 0.123. The third kappa shape index (κ3) is 7.23. The van der Waals surface area contributed by atoms with Crippen LogP contribution in [0.25, 0.3) is 88.6 Å². The summed E-state index contributed by atoms with van der Waals surface area (Å²) >= 11 is 0. The van der Waals surface area contributed by atoms with Crippen LogP contribution in [-0.2, 0) is 5.41 Å². The molecule has 0 bridgehead atoms. The average molecular weight is 869 g/mol. The molecule has 4 heterocycles. The lowest BCUT2D eigenvalue weighted by Gasteiger charge is -2.38. The first-order chi connectivity index (χ1) is 31.1. The lowest BCUT2D eigenvalue weighted by atomic mass is 9.72. The Balaban J connectivity index is 1.02. The van der Waals surface area contributed by atoms with Gasteiger partial charge in [-0.25, -0.2) is 19.9 Å². The van der Waals surface area contributed by atoms with Crippen LogP contribution in [0.1, 0.15) is 33.4 Å². The minimum Gasteiger partial charge on any atom is -0.245 e. The van der Waals surface area contributed by atoms with Crippen LogP contribution in [0.3, 0.4) is 0 Å². The zero-order valence-electron chi connectivity index (χ0n) is 35.6. The predicted molar refractivity (Wildman–Crippen MR) is 248 cm³/mol. The summed E-state index contributed by atoms with van der Waals surface area (Å²) in [5.74, 6) is 0. The van der Waals surface area contributed by atoms with Gasteiger partial charge in [0.1, 0.15) is 0 Å². The first-order valence-electron chi connectivity index (χ1n) is 21.0. The second-order valence-corrected chi connectivity index (χ2v) is 16.9. The maximum absolute atomic E-state index is 15.4. The van der Waals surface area contributed by atoms with E-state index >= 15 is 26.3 Å². The van der Waals surface area contributed by atoms with Crippen molar-refractivity contribution in [2.75, 3.05) is 0 Å². The van der Waals surface area contributed by atoms with E-state index in [1.807, 2.05) is 113 Å². The fourth-order valence-corrected chi connectivity index (χ4v) is 9.19. The van der Waals surface area contributed by atoms with Crippen molar-refractivity contribution in [3.8, 4) is 45.0 Å². The van der Waals surface area contributed by atoms with E-state index in [0.29, 0.717) is 44.6 Å². The molecule has 0 N–H and O–H groups in total. The summed E-state index contributed by atoms with van der Waals surface area (Å²) in [6.07, 6.45) is -11.5. The highest BCUT2D eigenvalue weighted by Crippen LogP contribution is 2.56. The van der Waals surface area contributed by atoms with Crippen molar-refractivity contribution in [3.05, 3.63) is 191 Å². The smallest absolute Gasteiger partial charge is 0.245 e. The fourth-order valence-electron chi connectivity index (χ4n) is 9.19. The normalized spacial score (nSPS) is 12.5. The van der Waals surface area contributed by atoms with E-state index in [-0.39, 0.29) is 0 Å². The molecule has 10 aromatic rings. The molecule has 320 valence electrons. The van der Waals surface area contributed by atoms with Crippen molar-refractivity contribution < 1.29 is 26.3 Å². The lowest BCUT2D eigenvalue weighted by Crippen LogP contribution is -2.54. The van der Waals surface area contributed by atoms with Gasteiger partial charge in [-0.2, -0.15) is 26.3 Å². The van der Waals surface area contributed by atoms with E-state index in [1.54, 1.807) is 12.1 Å². The summed E-state index contributed by atoms with van der Waals surface area (Å²) in [4.78, 5) is 19.7. The molecule has 0 saturated carbocycles. The van der Waals surface area contributed by atoms with Gasteiger partial charge >= 0.3 is 12.4 Å². The number of nitrogens with zero attached hydrogens (tertiary/aromatic N) is 4. The Kier molecular flexibility index (Phi) is 9.82. The number of hydrogen-bond acceptors (Lipinski definition) is 4. The molecule has 0 fully saturated rings. The van der Waals surface area contributed by atoms with Gasteiger partial charge in [-0.1, -0.05) is 131 Å². The van der Waals surface area contributed by atoms with Gasteiger partial charge in [0, 0.05) is 43.8 Å². The van der Waals surface area contributed by atoms with Crippen LogP contribution >= 0.6 is 0 Å². The van der Waals surface area contributed by atoms with Crippen molar-refractivity contribution in [1.29, 1.82) is 0 Å². The number of benzene rings is 6. The summed E-state index contributed by atoms with van der Waals surface area (Å²) in [5.41, 5.74) is 5.26. The zero-order chi connectivity index (χ0) is 45.4. The second-order valence-electron chi connectivity index (χ2n) is 16.9. The molecule has 65 heavy (non-hydrogen) atoms. The van der Waals surface area contributed by atoms with Crippen molar-refractivity contribution in [3.63, 3.8) is 0 Å². The highest BCUT2D eigenvalue weighted by atomic mass is 19.4. The zero-order valence-corrected chi connectivity index (χ0v) is 35.6. The Bertz CT molecular complexity index is 3230. The Morgan fingerprint density at radius 3 is 0.800 bits per heavy atom. The number of pyridine rings is 4. The molecule has 0 aliphatic heterocycles. The average Bonchev–Trinajstić information content (AvgIpc) is 3.27. The van der Waals surface area contributed by atoms with Gasteiger partial charge < -0.3 is 0 Å². The van der Waals surface area contributed by atoms with Gasteiger partial charge in [-0.15, -0.1) is 0 Å². The van der Waals surface area contributed by atoms with Gasteiger partial charge in [0.15, 0.2) is 0 Å². The van der Waals surface area contributed by atoms with Gasteiger partial charge in [-0.05, 0) is 87.4 Å². The molecule has 4 aromatic heterocycles. The van der Waals surface area contributed by atoms with Crippen LogP contribution < -0.4 is 0 Å². The molecule has 0 unspecified atom stereocenters. The van der Waals surface area contributed by atoms with E-state index in [4.69, 9.17) is 19.9 Å². The standard InChI is InChI=1S/C55H38F6N4/c1-31-25-32(2)28-41(27-31)47-23-15-39-7-5-37-13-21-45(62-49(37)51(39)64-47)35-9-17-43(18-10-35)53(54(56,57)58,55(59,60)61)44-19-11-36(12-20-44)46-22-14-38-6-8-40-16-24-48(65-52(40)50(38)63-46)42-29-33(3)26-34(4)30-42/h5-30H,1-4H3. The second kappa shape index (κ2) is 15.4. The van der Waals surface area contributed by atoms with Crippen LogP contribution in [0.4, 0.5) is 26.3 Å². The van der Waals surface area contributed by atoms with Crippen LogP contribution in [0.15, 0.2) is 158 Å². The summed E-state index contributed by atoms with van der Waals surface area (Å²) < 4.78 is 92.3. The van der Waals surface area contributed by atoms with E-state index in [9.17, 15) is 0 Å². The fraction of sp³-hybridized carbons (Fsp3) is 0.127. The number of hydrogen-bond donors (Lipinski definition) is 0. The summed E-state index contributed by atoms with van der Waals surface area (Å²) in [6.45, 7) is 8.06. The monoisotopic (exact) mass is 868 g/mol. The van der Waals surface area contributed by atoms with E-state index in [0.717, 1.165) is 90.6 Å². The molecule has 0 amide bonds. The van der Waals surface area contributed by atoms with Crippen LogP contribution in [0, 0.1) is 27.7 Å². The summed E-state index contributed by atoms with van der Waals surface area (Å²) in [5, 5.41) is 3.24. The molecule has 0 spiro atoms. The molecule has 4 nitrogen and oxygen atoms in total. The molecule has 0 saturated heterocycles. The number of alkyl halides is 6. The van der Waals surface area contributed by atoms with E-state index in [1.165, 1.54) is 24.3 Å². The number of aromatic nitrogens is 4. The molecule has 6 aromatic carbocycles. The molecule has 0 radical (unpaired) electrons. The van der Waals surface area contributed by atoms with Crippen molar-refractivity contribution in [2.24, 2.45) is 0 Å². The first-order valence-corrected chi connectivity index (χ1v) is 21.0. The highest BCUT2D eigenvalue weighted by Gasteiger charge is 2.72.